The van der Waals surface area contributed by atoms with E-state index in [9.17, 15) is 13.2 Å². The van der Waals surface area contributed by atoms with Gasteiger partial charge in [-0.2, -0.15) is 4.98 Å². The third kappa shape index (κ3) is 3.81. The molecule has 0 saturated carbocycles. The first-order chi connectivity index (χ1) is 16.4. The van der Waals surface area contributed by atoms with Crippen LogP contribution < -0.4 is 10.1 Å². The molecule has 1 aliphatic rings. The largest absolute Gasteiger partial charge is 0.479 e. The van der Waals surface area contributed by atoms with Crippen molar-refractivity contribution in [3.63, 3.8) is 0 Å². The van der Waals surface area contributed by atoms with E-state index in [4.69, 9.17) is 4.74 Å². The number of hydrogen-bond donors (Lipinski definition) is 1. The lowest BCUT2D eigenvalue weighted by atomic mass is 10.0. The topological polar surface area (TPSA) is 72.5 Å². The van der Waals surface area contributed by atoms with Crippen molar-refractivity contribution in [3.05, 3.63) is 36.3 Å². The van der Waals surface area contributed by atoms with E-state index in [1.165, 1.54) is 28.6 Å². The molecule has 2 atom stereocenters. The number of aromatic nitrogens is 5. The fraction of sp³-hybridized carbons (Fsp3) is 0.409. The number of hydrogen-bond acceptors (Lipinski definition) is 6. The molecule has 180 valence electrons. The van der Waals surface area contributed by atoms with E-state index in [1.807, 2.05) is 11.9 Å². The van der Waals surface area contributed by atoms with E-state index in [-0.39, 0.29) is 47.1 Å². The third-order valence-corrected chi connectivity index (χ3v) is 6.10. The SMILES string of the molecule is COc1nc(N[C@@H]2CCN(C)C[C@@H]2F)nn2cc(F)c(-c3cc(F)c4ncn(CCF)c4c3)c12. The van der Waals surface area contributed by atoms with Crippen molar-refractivity contribution >= 4 is 22.5 Å². The quantitative estimate of drug-likeness (QED) is 0.429. The first-order valence-electron chi connectivity index (χ1n) is 10.8. The number of aryl methyl sites for hydroxylation is 1. The molecule has 0 radical (unpaired) electrons. The lowest BCUT2D eigenvalue weighted by Gasteiger charge is -2.32. The molecule has 0 spiro atoms. The van der Waals surface area contributed by atoms with Gasteiger partial charge in [-0.05, 0) is 31.2 Å². The van der Waals surface area contributed by atoms with Crippen LogP contribution in [0.3, 0.4) is 0 Å². The van der Waals surface area contributed by atoms with Gasteiger partial charge in [0.05, 0.1) is 43.3 Å². The molecule has 1 saturated heterocycles. The van der Waals surface area contributed by atoms with E-state index in [2.05, 4.69) is 20.4 Å². The predicted octanol–water partition coefficient (Wildman–Crippen LogP) is 3.46. The molecule has 8 nitrogen and oxygen atoms in total. The number of nitrogens with one attached hydrogen (secondary N) is 1. The Bertz CT molecular complexity index is 1350. The van der Waals surface area contributed by atoms with Crippen molar-refractivity contribution in [2.75, 3.05) is 39.2 Å². The van der Waals surface area contributed by atoms with Crippen LogP contribution in [0.25, 0.3) is 27.7 Å². The Balaban J connectivity index is 1.59. The van der Waals surface area contributed by atoms with Gasteiger partial charge in [-0.1, -0.05) is 0 Å². The fourth-order valence-corrected chi connectivity index (χ4v) is 4.42. The summed E-state index contributed by atoms with van der Waals surface area (Å²) in [7, 11) is 3.22. The number of imidazole rings is 1. The third-order valence-electron chi connectivity index (χ3n) is 6.10. The minimum absolute atomic E-state index is 0.00757. The normalized spacial score (nSPS) is 19.2. The molecule has 0 bridgehead atoms. The molecule has 1 aliphatic heterocycles. The number of benzene rings is 1. The molecule has 1 N–H and O–H groups in total. The summed E-state index contributed by atoms with van der Waals surface area (Å²) in [6.45, 7) is 0.334. The average molecular weight is 477 g/mol. The highest BCUT2D eigenvalue weighted by molar-refractivity contribution is 5.90. The van der Waals surface area contributed by atoms with Gasteiger partial charge in [0, 0.05) is 13.1 Å². The van der Waals surface area contributed by atoms with Crippen molar-refractivity contribution in [2.45, 2.75) is 25.2 Å². The summed E-state index contributed by atoms with van der Waals surface area (Å²) in [5.41, 5.74) is 0.809. The van der Waals surface area contributed by atoms with E-state index >= 15 is 4.39 Å². The number of halogens is 4. The number of piperidine rings is 1. The van der Waals surface area contributed by atoms with Gasteiger partial charge in [0.2, 0.25) is 11.8 Å². The van der Waals surface area contributed by atoms with Crippen LogP contribution in [0.15, 0.2) is 24.7 Å². The maximum atomic E-state index is 15.2. The molecule has 34 heavy (non-hydrogen) atoms. The summed E-state index contributed by atoms with van der Waals surface area (Å²) in [4.78, 5) is 10.2. The maximum Gasteiger partial charge on any atom is 0.244 e. The summed E-state index contributed by atoms with van der Waals surface area (Å²) in [6.07, 6.45) is 1.90. The molecule has 1 fully saturated rings. The van der Waals surface area contributed by atoms with Crippen LogP contribution in [0.4, 0.5) is 23.5 Å². The number of rotatable bonds is 6. The van der Waals surface area contributed by atoms with Crippen LogP contribution in [0.2, 0.25) is 0 Å². The molecular formula is C22H23F4N7O. The van der Waals surface area contributed by atoms with Crippen LogP contribution in [0.5, 0.6) is 5.88 Å². The average Bonchev–Trinajstić information content (AvgIpc) is 3.36. The Morgan fingerprint density at radius 3 is 2.79 bits per heavy atom. The zero-order valence-corrected chi connectivity index (χ0v) is 18.6. The van der Waals surface area contributed by atoms with Crippen molar-refractivity contribution in [1.29, 1.82) is 0 Å². The van der Waals surface area contributed by atoms with Gasteiger partial charge in [0.15, 0.2) is 11.6 Å². The molecule has 4 heterocycles. The Hall–Kier alpha value is -3.41. The van der Waals surface area contributed by atoms with Crippen LogP contribution in [-0.2, 0) is 6.54 Å². The van der Waals surface area contributed by atoms with Crippen LogP contribution >= 0.6 is 0 Å². The molecule has 0 aliphatic carbocycles. The number of fused-ring (bicyclic) bond motifs is 2. The Labute approximate surface area is 192 Å². The molecule has 4 aromatic rings. The van der Waals surface area contributed by atoms with Crippen LogP contribution in [0.1, 0.15) is 6.42 Å². The van der Waals surface area contributed by atoms with Gasteiger partial charge in [-0.25, -0.2) is 27.1 Å². The van der Waals surface area contributed by atoms with Gasteiger partial charge in [-0.3, -0.25) is 0 Å². The summed E-state index contributed by atoms with van der Waals surface area (Å²) < 4.78 is 65.4. The molecule has 5 rings (SSSR count). The van der Waals surface area contributed by atoms with Crippen LogP contribution in [-0.4, -0.2) is 75.2 Å². The second kappa shape index (κ2) is 8.75. The summed E-state index contributed by atoms with van der Waals surface area (Å²) in [6, 6.07) is 2.20. The van der Waals surface area contributed by atoms with Crippen molar-refractivity contribution in [3.8, 4) is 17.0 Å². The number of methoxy groups -OCH3 is 1. The highest BCUT2D eigenvalue weighted by atomic mass is 19.1. The smallest absolute Gasteiger partial charge is 0.244 e. The van der Waals surface area contributed by atoms with E-state index < -0.39 is 30.5 Å². The first kappa shape index (κ1) is 22.4. The second-order valence-corrected chi connectivity index (χ2v) is 8.36. The lowest BCUT2D eigenvalue weighted by molar-refractivity contribution is 0.149. The predicted molar refractivity (Wildman–Crippen MR) is 119 cm³/mol. The Kier molecular flexibility index (Phi) is 5.76. The lowest BCUT2D eigenvalue weighted by Crippen LogP contribution is -2.46. The molecular weight excluding hydrogens is 454 g/mol. The van der Waals surface area contributed by atoms with Gasteiger partial charge in [0.25, 0.3) is 0 Å². The van der Waals surface area contributed by atoms with Crippen LogP contribution in [0, 0.1) is 11.6 Å². The molecule has 1 aromatic carbocycles. The monoisotopic (exact) mass is 477 g/mol. The summed E-state index contributed by atoms with van der Waals surface area (Å²) in [5, 5.41) is 7.28. The molecule has 12 heteroatoms. The van der Waals surface area contributed by atoms with Gasteiger partial charge in [-0.15, -0.1) is 5.10 Å². The Morgan fingerprint density at radius 2 is 2.06 bits per heavy atom. The Morgan fingerprint density at radius 1 is 1.24 bits per heavy atom. The van der Waals surface area contributed by atoms with E-state index in [1.54, 1.807) is 0 Å². The standard InChI is InChI=1S/C22H23F4N7O/c1-31-5-3-16(14(25)9-31)28-22-29-21(34-2)20-18(15(26)10-33(20)30-22)12-7-13(24)19-17(8-12)32(6-4-23)11-27-19/h7-8,10-11,14,16H,3-6,9H2,1-2H3,(H,28,30)/t14-,16+/m0/s1. The minimum atomic E-state index is -1.12. The van der Waals surface area contributed by atoms with E-state index in [0.29, 0.717) is 18.5 Å². The maximum absolute atomic E-state index is 15.2. The van der Waals surface area contributed by atoms with E-state index in [0.717, 1.165) is 12.3 Å². The van der Waals surface area contributed by atoms with Gasteiger partial charge >= 0.3 is 0 Å². The first-order valence-corrected chi connectivity index (χ1v) is 10.8. The number of anilines is 1. The molecule has 0 unspecified atom stereocenters. The van der Waals surface area contributed by atoms with Crippen molar-refractivity contribution in [2.24, 2.45) is 0 Å². The van der Waals surface area contributed by atoms with Gasteiger partial charge < -0.3 is 19.5 Å². The van der Waals surface area contributed by atoms with Crippen molar-refractivity contribution < 1.29 is 22.3 Å². The zero-order valence-electron chi connectivity index (χ0n) is 18.6. The summed E-state index contributed by atoms with van der Waals surface area (Å²) in [5.74, 6) is -1.22. The number of ether oxygens (including phenoxy) is 1. The zero-order chi connectivity index (χ0) is 24.0. The number of likely N-dealkylation sites (tertiary alicyclic amines) is 1. The summed E-state index contributed by atoms with van der Waals surface area (Å²) >= 11 is 0. The number of nitrogens with zero attached hydrogens (tertiary/aromatic N) is 6. The molecule has 3 aromatic heterocycles. The van der Waals surface area contributed by atoms with Gasteiger partial charge in [0.1, 0.15) is 23.9 Å². The highest BCUT2D eigenvalue weighted by Gasteiger charge is 2.29. The number of alkyl halides is 2. The highest BCUT2D eigenvalue weighted by Crippen LogP contribution is 2.36. The minimum Gasteiger partial charge on any atom is -0.479 e. The molecule has 0 amide bonds. The van der Waals surface area contributed by atoms with Crippen molar-refractivity contribution in [1.82, 2.24) is 29.0 Å². The second-order valence-electron chi connectivity index (χ2n) is 8.36. The fourth-order valence-electron chi connectivity index (χ4n) is 4.42.